The third-order valence-electron chi connectivity index (χ3n) is 3.05. The van der Waals surface area contributed by atoms with Crippen molar-refractivity contribution in [1.29, 1.82) is 0 Å². The molecular weight excluding hydrogens is 244 g/mol. The minimum Gasteiger partial charge on any atom is -0.444 e. The molecule has 0 aliphatic heterocycles. The number of hydrogen-bond donors (Lipinski definition) is 2. The van der Waals surface area contributed by atoms with Gasteiger partial charge in [0.25, 0.3) is 0 Å². The lowest BCUT2D eigenvalue weighted by atomic mass is 9.92. The first kappa shape index (κ1) is 17.7. The second kappa shape index (κ2) is 7.36. The first-order valence-electron chi connectivity index (χ1n) is 6.96. The van der Waals surface area contributed by atoms with Crippen LogP contribution in [0, 0.1) is 0 Å². The zero-order valence-electron chi connectivity index (χ0n) is 13.1. The van der Waals surface area contributed by atoms with Crippen molar-refractivity contribution in [3.63, 3.8) is 0 Å². The molecule has 5 nitrogen and oxygen atoms in total. The van der Waals surface area contributed by atoms with Gasteiger partial charge in [-0.05, 0) is 33.6 Å². The average molecular weight is 272 g/mol. The van der Waals surface area contributed by atoms with Crippen LogP contribution in [0.25, 0.3) is 0 Å². The lowest BCUT2D eigenvalue weighted by Gasteiger charge is -2.33. The smallest absolute Gasteiger partial charge is 0.407 e. The fourth-order valence-electron chi connectivity index (χ4n) is 1.66. The highest BCUT2D eigenvalue weighted by Crippen LogP contribution is 2.15. The van der Waals surface area contributed by atoms with Crippen molar-refractivity contribution < 1.29 is 14.3 Å². The summed E-state index contributed by atoms with van der Waals surface area (Å²) < 4.78 is 5.19. The summed E-state index contributed by atoms with van der Waals surface area (Å²) >= 11 is 0. The Morgan fingerprint density at radius 1 is 1.05 bits per heavy atom. The predicted octanol–water partition coefficient (Wildman–Crippen LogP) is 2.60. The van der Waals surface area contributed by atoms with Crippen LogP contribution in [0.2, 0.25) is 0 Å². The third-order valence-corrected chi connectivity index (χ3v) is 3.05. The number of ether oxygens (including phenoxy) is 1. The van der Waals surface area contributed by atoms with Crippen molar-refractivity contribution in [1.82, 2.24) is 10.6 Å². The summed E-state index contributed by atoms with van der Waals surface area (Å²) in [6.07, 6.45) is 1.49. The van der Waals surface area contributed by atoms with Crippen molar-refractivity contribution in [2.45, 2.75) is 71.9 Å². The summed E-state index contributed by atoms with van der Waals surface area (Å²) in [6.45, 7) is 11.6. The fraction of sp³-hybridized carbons (Fsp3) is 0.857. The van der Waals surface area contributed by atoms with Crippen molar-refractivity contribution in [3.05, 3.63) is 0 Å². The zero-order chi connectivity index (χ0) is 15.1. The van der Waals surface area contributed by atoms with Crippen LogP contribution in [0.1, 0.15) is 60.8 Å². The first-order valence-corrected chi connectivity index (χ1v) is 6.96. The maximum Gasteiger partial charge on any atom is 0.407 e. The summed E-state index contributed by atoms with van der Waals surface area (Å²) in [4.78, 5) is 23.2. The third kappa shape index (κ3) is 7.03. The van der Waals surface area contributed by atoms with Crippen LogP contribution in [0.15, 0.2) is 0 Å². The molecule has 0 bridgehead atoms. The second-order valence-electron chi connectivity index (χ2n) is 5.74. The highest BCUT2D eigenvalue weighted by molar-refractivity contribution is 5.76. The Morgan fingerprint density at radius 3 is 1.95 bits per heavy atom. The van der Waals surface area contributed by atoms with Crippen LogP contribution in [0.4, 0.5) is 4.79 Å². The molecule has 5 heteroatoms. The molecule has 112 valence electrons. The van der Waals surface area contributed by atoms with Gasteiger partial charge in [-0.3, -0.25) is 4.79 Å². The Hall–Kier alpha value is -1.26. The second-order valence-corrected chi connectivity index (χ2v) is 5.74. The van der Waals surface area contributed by atoms with E-state index in [0.717, 1.165) is 12.8 Å². The predicted molar refractivity (Wildman–Crippen MR) is 76.0 cm³/mol. The van der Waals surface area contributed by atoms with Gasteiger partial charge in [0, 0.05) is 13.0 Å². The van der Waals surface area contributed by atoms with Gasteiger partial charge in [-0.1, -0.05) is 20.8 Å². The van der Waals surface area contributed by atoms with Crippen LogP contribution in [0.3, 0.4) is 0 Å². The SMILES string of the molecule is CCC(=O)NC(CC)(CC)CNC(=O)OC(C)(C)C. The van der Waals surface area contributed by atoms with Crippen LogP contribution in [0.5, 0.6) is 0 Å². The molecule has 0 heterocycles. The molecule has 0 aromatic carbocycles. The summed E-state index contributed by atoms with van der Waals surface area (Å²) in [6, 6.07) is 0. The van der Waals surface area contributed by atoms with Crippen LogP contribution in [-0.2, 0) is 9.53 Å². The van der Waals surface area contributed by atoms with Gasteiger partial charge in [0.15, 0.2) is 0 Å². The van der Waals surface area contributed by atoms with Crippen molar-refractivity contribution in [2.24, 2.45) is 0 Å². The number of alkyl carbamates (subject to hydrolysis) is 1. The Bertz CT molecular complexity index is 304. The van der Waals surface area contributed by atoms with E-state index in [-0.39, 0.29) is 5.91 Å². The zero-order valence-corrected chi connectivity index (χ0v) is 13.1. The molecule has 0 atom stereocenters. The molecule has 0 spiro atoms. The topological polar surface area (TPSA) is 67.4 Å². The normalized spacial score (nSPS) is 11.9. The van der Waals surface area contributed by atoms with Crippen LogP contribution < -0.4 is 10.6 Å². The molecule has 0 aromatic heterocycles. The van der Waals surface area contributed by atoms with Gasteiger partial charge in [-0.2, -0.15) is 0 Å². The Kier molecular flexibility index (Phi) is 6.87. The van der Waals surface area contributed by atoms with E-state index in [1.54, 1.807) is 0 Å². The Morgan fingerprint density at radius 2 is 1.58 bits per heavy atom. The molecular formula is C14H28N2O3. The first-order chi connectivity index (χ1) is 8.68. The molecule has 0 saturated carbocycles. The fourth-order valence-corrected chi connectivity index (χ4v) is 1.66. The molecule has 2 amide bonds. The van der Waals surface area contributed by atoms with Crippen LogP contribution >= 0.6 is 0 Å². The maximum absolute atomic E-state index is 11.6. The molecule has 0 fully saturated rings. The van der Waals surface area contributed by atoms with Gasteiger partial charge >= 0.3 is 6.09 Å². The summed E-state index contributed by atoms with van der Waals surface area (Å²) in [5.41, 5.74) is -0.915. The quantitative estimate of drug-likeness (QED) is 0.781. The number of amides is 2. The van der Waals surface area contributed by atoms with Gasteiger partial charge in [0.1, 0.15) is 5.60 Å². The summed E-state index contributed by atoms with van der Waals surface area (Å²) in [7, 11) is 0. The van der Waals surface area contributed by atoms with Gasteiger partial charge in [-0.15, -0.1) is 0 Å². The van der Waals surface area contributed by atoms with Gasteiger partial charge in [-0.25, -0.2) is 4.79 Å². The highest BCUT2D eigenvalue weighted by Gasteiger charge is 2.29. The standard InChI is InChI=1S/C14H28N2O3/c1-7-11(17)16-14(8-2,9-3)10-15-12(18)19-13(4,5)6/h7-10H2,1-6H3,(H,15,18)(H,16,17). The molecule has 0 rings (SSSR count). The average Bonchev–Trinajstić information content (AvgIpc) is 2.32. The van der Waals surface area contributed by atoms with Gasteiger partial charge in [0.05, 0.1) is 5.54 Å². The molecule has 0 saturated heterocycles. The summed E-state index contributed by atoms with van der Waals surface area (Å²) in [5, 5.41) is 5.72. The molecule has 0 aliphatic carbocycles. The number of nitrogens with one attached hydrogen (secondary N) is 2. The van der Waals surface area contributed by atoms with E-state index in [2.05, 4.69) is 10.6 Å². The van der Waals surface area contributed by atoms with E-state index in [9.17, 15) is 9.59 Å². The van der Waals surface area contributed by atoms with Crippen molar-refractivity contribution >= 4 is 12.0 Å². The highest BCUT2D eigenvalue weighted by atomic mass is 16.6. The molecule has 0 aliphatic rings. The number of hydrogen-bond acceptors (Lipinski definition) is 3. The van der Waals surface area contributed by atoms with E-state index in [1.807, 2.05) is 41.5 Å². The van der Waals surface area contributed by atoms with E-state index in [0.29, 0.717) is 13.0 Å². The minimum absolute atomic E-state index is 0.00492. The van der Waals surface area contributed by atoms with Crippen molar-refractivity contribution in [3.8, 4) is 0 Å². The van der Waals surface area contributed by atoms with E-state index < -0.39 is 17.2 Å². The molecule has 0 radical (unpaired) electrons. The molecule has 0 aromatic rings. The van der Waals surface area contributed by atoms with Gasteiger partial charge in [0.2, 0.25) is 5.91 Å². The number of carbonyl (C=O) groups excluding carboxylic acids is 2. The van der Waals surface area contributed by atoms with E-state index in [4.69, 9.17) is 4.74 Å². The molecule has 2 N–H and O–H groups in total. The van der Waals surface area contributed by atoms with Crippen LogP contribution in [-0.4, -0.2) is 29.7 Å². The Balaban J connectivity index is 4.51. The van der Waals surface area contributed by atoms with E-state index >= 15 is 0 Å². The van der Waals surface area contributed by atoms with E-state index in [1.165, 1.54) is 0 Å². The lowest BCUT2D eigenvalue weighted by Crippen LogP contribution is -2.55. The molecule has 19 heavy (non-hydrogen) atoms. The largest absolute Gasteiger partial charge is 0.444 e. The minimum atomic E-state index is -0.516. The maximum atomic E-state index is 11.6. The monoisotopic (exact) mass is 272 g/mol. The molecule has 0 unspecified atom stereocenters. The Labute approximate surface area is 116 Å². The number of carbonyl (C=O) groups is 2. The van der Waals surface area contributed by atoms with Gasteiger partial charge < -0.3 is 15.4 Å². The summed E-state index contributed by atoms with van der Waals surface area (Å²) in [5.74, 6) is -0.00492. The number of rotatable bonds is 6. The van der Waals surface area contributed by atoms with Crippen molar-refractivity contribution in [2.75, 3.05) is 6.54 Å². The lowest BCUT2D eigenvalue weighted by molar-refractivity contribution is -0.122.